The van der Waals surface area contributed by atoms with E-state index in [4.69, 9.17) is 14.2 Å². The lowest BCUT2D eigenvalue weighted by atomic mass is 10.1. The average molecular weight is 354 g/mol. The van der Waals surface area contributed by atoms with E-state index in [2.05, 4.69) is 10.3 Å². The van der Waals surface area contributed by atoms with Gasteiger partial charge in [0, 0.05) is 34.8 Å². The maximum absolute atomic E-state index is 12.3. The molecule has 2 aromatic carbocycles. The fourth-order valence-corrected chi connectivity index (χ4v) is 2.76. The molecule has 0 unspecified atom stereocenters. The molecule has 3 aromatic rings. The molecule has 3 rings (SSSR count). The molecular formula is C20H22N2O4. The highest BCUT2D eigenvalue weighted by Gasteiger charge is 2.07. The summed E-state index contributed by atoms with van der Waals surface area (Å²) in [5.41, 5.74) is 2.15. The van der Waals surface area contributed by atoms with Gasteiger partial charge in [-0.05, 0) is 43.3 Å². The van der Waals surface area contributed by atoms with E-state index in [0.717, 1.165) is 22.3 Å². The van der Waals surface area contributed by atoms with Gasteiger partial charge in [0.2, 0.25) is 0 Å². The zero-order valence-corrected chi connectivity index (χ0v) is 15.1. The predicted molar refractivity (Wildman–Crippen MR) is 103 cm³/mol. The number of pyridine rings is 1. The molecule has 0 aliphatic heterocycles. The number of anilines is 1. The highest BCUT2D eigenvalue weighted by Crippen LogP contribution is 2.30. The summed E-state index contributed by atoms with van der Waals surface area (Å²) >= 11 is 0. The van der Waals surface area contributed by atoms with Crippen LogP contribution >= 0.6 is 0 Å². The number of fused-ring (bicyclic) bond motifs is 1. The van der Waals surface area contributed by atoms with Crippen LogP contribution in [0, 0.1) is 0 Å². The Morgan fingerprint density at radius 2 is 1.81 bits per heavy atom. The Morgan fingerprint density at radius 3 is 2.54 bits per heavy atom. The first-order chi connectivity index (χ1) is 12.6. The summed E-state index contributed by atoms with van der Waals surface area (Å²) in [6, 6.07) is 13.0. The number of hydrogen-bond donors (Lipinski definition) is 2. The van der Waals surface area contributed by atoms with Crippen molar-refractivity contribution in [3.05, 3.63) is 58.4 Å². The first-order valence-corrected chi connectivity index (χ1v) is 8.39. The quantitative estimate of drug-likeness (QED) is 0.679. The molecular weight excluding hydrogens is 332 g/mol. The zero-order chi connectivity index (χ0) is 18.5. The van der Waals surface area contributed by atoms with Gasteiger partial charge in [-0.2, -0.15) is 0 Å². The topological polar surface area (TPSA) is 72.6 Å². The number of aromatic amines is 1. The van der Waals surface area contributed by atoms with E-state index in [9.17, 15) is 4.79 Å². The Hall–Kier alpha value is -3.15. The number of ether oxygens (including phenoxy) is 3. The average Bonchev–Trinajstić information content (AvgIpc) is 2.66. The molecule has 0 saturated heterocycles. The molecule has 1 heterocycles. The molecule has 0 fully saturated rings. The molecule has 6 nitrogen and oxygen atoms in total. The van der Waals surface area contributed by atoms with Crippen LogP contribution in [0.4, 0.5) is 5.69 Å². The summed E-state index contributed by atoms with van der Waals surface area (Å²) in [7, 11) is 3.18. The fraction of sp³-hybridized carbons (Fsp3) is 0.250. The van der Waals surface area contributed by atoms with E-state index >= 15 is 0 Å². The maximum Gasteiger partial charge on any atom is 0.253 e. The van der Waals surface area contributed by atoms with Crippen LogP contribution in [0.5, 0.6) is 17.2 Å². The van der Waals surface area contributed by atoms with Gasteiger partial charge in [-0.3, -0.25) is 4.79 Å². The van der Waals surface area contributed by atoms with Gasteiger partial charge in [0.25, 0.3) is 5.56 Å². The molecule has 0 saturated carbocycles. The Balaban J connectivity index is 1.84. The van der Waals surface area contributed by atoms with Crippen LogP contribution in [-0.2, 0) is 6.54 Å². The molecule has 0 radical (unpaired) electrons. The van der Waals surface area contributed by atoms with Crippen molar-refractivity contribution in [1.82, 2.24) is 4.98 Å². The molecule has 0 aliphatic rings. The lowest BCUT2D eigenvalue weighted by molar-refractivity contribution is 0.340. The van der Waals surface area contributed by atoms with Crippen LogP contribution in [0.3, 0.4) is 0 Å². The number of hydrogen-bond acceptors (Lipinski definition) is 5. The van der Waals surface area contributed by atoms with Crippen molar-refractivity contribution in [2.75, 3.05) is 26.1 Å². The van der Waals surface area contributed by atoms with Crippen LogP contribution in [0.15, 0.2) is 47.3 Å². The molecule has 0 aliphatic carbocycles. The second kappa shape index (κ2) is 7.82. The molecule has 6 heteroatoms. The van der Waals surface area contributed by atoms with Crippen molar-refractivity contribution in [1.29, 1.82) is 0 Å². The lowest BCUT2D eigenvalue weighted by Gasteiger charge is -2.11. The first kappa shape index (κ1) is 17.7. The SMILES string of the molecule is CCOc1ccc2[nH]c(=O)c(CNc3ccc(OC)c(OC)c3)cc2c1. The second-order valence-corrected chi connectivity index (χ2v) is 5.73. The molecule has 26 heavy (non-hydrogen) atoms. The van der Waals surface area contributed by atoms with Crippen molar-refractivity contribution in [3.63, 3.8) is 0 Å². The van der Waals surface area contributed by atoms with Gasteiger partial charge in [0.05, 0.1) is 20.8 Å². The number of methoxy groups -OCH3 is 2. The number of benzene rings is 2. The van der Waals surface area contributed by atoms with Gasteiger partial charge in [0.15, 0.2) is 11.5 Å². The molecule has 2 N–H and O–H groups in total. The van der Waals surface area contributed by atoms with E-state index < -0.39 is 0 Å². The van der Waals surface area contributed by atoms with E-state index in [1.165, 1.54) is 0 Å². The highest BCUT2D eigenvalue weighted by molar-refractivity contribution is 5.80. The normalized spacial score (nSPS) is 10.6. The molecule has 0 spiro atoms. The van der Waals surface area contributed by atoms with Gasteiger partial charge in [-0.25, -0.2) is 0 Å². The van der Waals surface area contributed by atoms with Gasteiger partial charge in [0.1, 0.15) is 5.75 Å². The predicted octanol–water partition coefficient (Wildman–Crippen LogP) is 3.56. The largest absolute Gasteiger partial charge is 0.494 e. The minimum Gasteiger partial charge on any atom is -0.494 e. The molecule has 0 amide bonds. The highest BCUT2D eigenvalue weighted by atomic mass is 16.5. The van der Waals surface area contributed by atoms with Crippen LogP contribution in [0.2, 0.25) is 0 Å². The van der Waals surface area contributed by atoms with E-state index in [1.807, 2.05) is 49.4 Å². The van der Waals surface area contributed by atoms with E-state index in [1.54, 1.807) is 14.2 Å². The third kappa shape index (κ3) is 3.74. The van der Waals surface area contributed by atoms with Gasteiger partial charge in [-0.1, -0.05) is 0 Å². The van der Waals surface area contributed by atoms with Gasteiger partial charge in [-0.15, -0.1) is 0 Å². The lowest BCUT2D eigenvalue weighted by Crippen LogP contribution is -2.15. The van der Waals surface area contributed by atoms with E-state index in [0.29, 0.717) is 30.2 Å². The first-order valence-electron chi connectivity index (χ1n) is 8.39. The maximum atomic E-state index is 12.3. The summed E-state index contributed by atoms with van der Waals surface area (Å²) in [6.45, 7) is 2.93. The summed E-state index contributed by atoms with van der Waals surface area (Å²) in [5, 5.41) is 4.18. The summed E-state index contributed by atoms with van der Waals surface area (Å²) in [4.78, 5) is 15.2. The number of H-pyrrole nitrogens is 1. The number of nitrogens with one attached hydrogen (secondary N) is 2. The van der Waals surface area contributed by atoms with Crippen LogP contribution in [0.1, 0.15) is 12.5 Å². The van der Waals surface area contributed by atoms with Crippen molar-refractivity contribution in [3.8, 4) is 17.2 Å². The monoisotopic (exact) mass is 354 g/mol. The van der Waals surface area contributed by atoms with Crippen molar-refractivity contribution < 1.29 is 14.2 Å². The molecule has 0 bridgehead atoms. The summed E-state index contributed by atoms with van der Waals surface area (Å²) < 4.78 is 16.1. The number of rotatable bonds is 7. The van der Waals surface area contributed by atoms with Crippen molar-refractivity contribution >= 4 is 16.6 Å². The van der Waals surface area contributed by atoms with Crippen LogP contribution < -0.4 is 25.1 Å². The van der Waals surface area contributed by atoms with Crippen LogP contribution in [-0.4, -0.2) is 25.8 Å². The summed E-state index contributed by atoms with van der Waals surface area (Å²) in [6.07, 6.45) is 0. The minimum atomic E-state index is -0.116. The van der Waals surface area contributed by atoms with Crippen molar-refractivity contribution in [2.45, 2.75) is 13.5 Å². The Morgan fingerprint density at radius 1 is 1.00 bits per heavy atom. The minimum absolute atomic E-state index is 0.116. The summed E-state index contributed by atoms with van der Waals surface area (Å²) in [5.74, 6) is 2.07. The molecule has 136 valence electrons. The molecule has 1 aromatic heterocycles. The number of aromatic nitrogens is 1. The second-order valence-electron chi connectivity index (χ2n) is 5.73. The fourth-order valence-electron chi connectivity index (χ4n) is 2.76. The Kier molecular flexibility index (Phi) is 5.31. The van der Waals surface area contributed by atoms with Crippen LogP contribution in [0.25, 0.3) is 10.9 Å². The molecule has 0 atom stereocenters. The standard InChI is InChI=1S/C20H22N2O4/c1-4-26-16-6-7-17-13(10-16)9-14(20(23)22-17)12-21-15-5-8-18(24-2)19(11-15)25-3/h5-11,21H,4,12H2,1-3H3,(H,22,23). The Labute approximate surface area is 151 Å². The van der Waals surface area contributed by atoms with E-state index in [-0.39, 0.29) is 5.56 Å². The zero-order valence-electron chi connectivity index (χ0n) is 15.1. The smallest absolute Gasteiger partial charge is 0.253 e. The Bertz CT molecular complexity index is 966. The van der Waals surface area contributed by atoms with Crippen molar-refractivity contribution in [2.24, 2.45) is 0 Å². The third-order valence-corrected chi connectivity index (χ3v) is 4.07. The van der Waals surface area contributed by atoms with Gasteiger partial charge < -0.3 is 24.5 Å². The van der Waals surface area contributed by atoms with Gasteiger partial charge >= 0.3 is 0 Å². The third-order valence-electron chi connectivity index (χ3n) is 4.07.